The zero-order valence-electron chi connectivity index (χ0n) is 12.9. The van der Waals surface area contributed by atoms with Crippen LogP contribution in [0.15, 0.2) is 24.5 Å². The van der Waals surface area contributed by atoms with E-state index in [1.807, 2.05) is 0 Å². The molecule has 2 N–H and O–H groups in total. The molecule has 2 aliphatic rings. The average Bonchev–Trinajstić information content (AvgIpc) is 2.80. The molecule has 4 rings (SSSR count). The molecule has 1 fully saturated rings. The predicted octanol–water partition coefficient (Wildman–Crippen LogP) is 1.44. The number of hydrogen-bond acceptors (Lipinski definition) is 5. The van der Waals surface area contributed by atoms with E-state index in [-0.39, 0.29) is 18.3 Å². The number of likely N-dealkylation sites (tertiary alicyclic amines) is 1. The lowest BCUT2D eigenvalue weighted by atomic mass is 9.94. The lowest BCUT2D eigenvalue weighted by molar-refractivity contribution is -0.150. The maximum atomic E-state index is 11.5. The molecule has 0 amide bonds. The van der Waals surface area contributed by atoms with Gasteiger partial charge in [0.25, 0.3) is 0 Å². The minimum atomic E-state index is -1.09. The van der Waals surface area contributed by atoms with E-state index in [0.717, 1.165) is 17.5 Å². The van der Waals surface area contributed by atoms with Crippen LogP contribution in [0.2, 0.25) is 0 Å². The molecule has 1 saturated heterocycles. The molecule has 24 heavy (non-hydrogen) atoms. The van der Waals surface area contributed by atoms with Crippen LogP contribution in [-0.2, 0) is 9.59 Å². The first-order valence-electron chi connectivity index (χ1n) is 7.96. The number of nitrogens with zero attached hydrogens (tertiary/aromatic N) is 3. The van der Waals surface area contributed by atoms with E-state index in [9.17, 15) is 14.7 Å². The Labute approximate surface area is 137 Å². The lowest BCUT2D eigenvalue weighted by Gasteiger charge is -2.35. The summed E-state index contributed by atoms with van der Waals surface area (Å²) in [4.78, 5) is 33.0. The van der Waals surface area contributed by atoms with Gasteiger partial charge < -0.3 is 10.2 Å². The fraction of sp³-hybridized carbons (Fsp3) is 0.412. The van der Waals surface area contributed by atoms with Crippen molar-refractivity contribution in [2.45, 2.75) is 30.7 Å². The molecular weight excluding hydrogens is 310 g/mol. The summed E-state index contributed by atoms with van der Waals surface area (Å²) in [5.74, 6) is -1.71. The van der Waals surface area contributed by atoms with Crippen LogP contribution >= 0.6 is 0 Å². The van der Waals surface area contributed by atoms with Crippen LogP contribution in [-0.4, -0.2) is 56.2 Å². The number of aliphatic carboxylic acids is 2. The van der Waals surface area contributed by atoms with Gasteiger partial charge in [-0.1, -0.05) is 0 Å². The number of carbonyl (C=O) groups is 2. The van der Waals surface area contributed by atoms with Crippen LogP contribution in [0.25, 0.3) is 11.0 Å². The summed E-state index contributed by atoms with van der Waals surface area (Å²) in [5, 5.41) is 18.4. The van der Waals surface area contributed by atoms with Crippen LogP contribution in [0.1, 0.15) is 35.8 Å². The topological polar surface area (TPSA) is 104 Å². The van der Waals surface area contributed by atoms with Gasteiger partial charge in [0.2, 0.25) is 0 Å². The van der Waals surface area contributed by atoms with Crippen LogP contribution in [0.4, 0.5) is 0 Å². The van der Waals surface area contributed by atoms with Gasteiger partial charge >= 0.3 is 11.9 Å². The molecule has 3 unspecified atom stereocenters. The minimum absolute atomic E-state index is 0.223. The quantitative estimate of drug-likeness (QED) is 0.875. The van der Waals surface area contributed by atoms with Crippen LogP contribution in [0.3, 0.4) is 0 Å². The number of carboxylic acid groups (broad SMARTS) is 2. The molecule has 0 spiro atoms. The number of piperidine rings is 1. The minimum Gasteiger partial charge on any atom is -0.481 e. The third-order valence-electron chi connectivity index (χ3n) is 5.13. The molecule has 7 nitrogen and oxygen atoms in total. The Kier molecular flexibility index (Phi) is 3.45. The van der Waals surface area contributed by atoms with E-state index >= 15 is 0 Å². The van der Waals surface area contributed by atoms with Gasteiger partial charge in [-0.2, -0.15) is 0 Å². The largest absolute Gasteiger partial charge is 0.481 e. The fourth-order valence-corrected chi connectivity index (χ4v) is 4.13. The highest BCUT2D eigenvalue weighted by Gasteiger charge is 2.42. The molecule has 2 bridgehead atoms. The van der Waals surface area contributed by atoms with E-state index < -0.39 is 18.0 Å². The Bertz CT molecular complexity index is 787. The molecule has 124 valence electrons. The third-order valence-corrected chi connectivity index (χ3v) is 5.13. The summed E-state index contributed by atoms with van der Waals surface area (Å²) < 4.78 is 0. The summed E-state index contributed by atoms with van der Waals surface area (Å²) in [6, 6.07) is 3.13. The number of aromatic nitrogens is 2. The number of benzene rings is 1. The van der Waals surface area contributed by atoms with Crippen molar-refractivity contribution in [2.24, 2.45) is 0 Å². The van der Waals surface area contributed by atoms with Gasteiger partial charge in [-0.25, -0.2) is 0 Å². The number of carboxylic acids is 2. The molecule has 0 radical (unpaired) electrons. The molecule has 2 aromatic rings. The Morgan fingerprint density at radius 2 is 1.62 bits per heavy atom. The standard InChI is InChI=1S/C17H17N3O4/c21-16(22)6-15(17(23)24)20-7-9-3-10(8-20)12-5-14-13(4-11(9)12)18-1-2-19-14/h1-2,4-5,9-10,15H,3,6-8H2,(H,21,22)(H,23,24). The van der Waals surface area contributed by atoms with E-state index in [0.29, 0.717) is 13.1 Å². The molecule has 1 aromatic carbocycles. The molecule has 1 aromatic heterocycles. The normalized spacial score (nSPS) is 23.8. The van der Waals surface area contributed by atoms with Crippen LogP contribution in [0.5, 0.6) is 0 Å². The van der Waals surface area contributed by atoms with Crippen molar-refractivity contribution in [3.05, 3.63) is 35.7 Å². The highest BCUT2D eigenvalue weighted by molar-refractivity contribution is 5.81. The number of fused-ring (bicyclic) bond motifs is 6. The maximum absolute atomic E-state index is 11.5. The number of hydrogen-bond donors (Lipinski definition) is 2. The van der Waals surface area contributed by atoms with Gasteiger partial charge in [0, 0.05) is 25.5 Å². The van der Waals surface area contributed by atoms with Crippen molar-refractivity contribution in [2.75, 3.05) is 13.1 Å². The highest BCUT2D eigenvalue weighted by Crippen LogP contribution is 2.47. The molecule has 2 heterocycles. The van der Waals surface area contributed by atoms with Crippen molar-refractivity contribution in [3.8, 4) is 0 Å². The Hall–Kier alpha value is -2.54. The van der Waals surface area contributed by atoms with Crippen molar-refractivity contribution >= 4 is 23.0 Å². The van der Waals surface area contributed by atoms with Crippen LogP contribution in [0, 0.1) is 0 Å². The van der Waals surface area contributed by atoms with Crippen molar-refractivity contribution < 1.29 is 19.8 Å². The molecular formula is C17H17N3O4. The second-order valence-corrected chi connectivity index (χ2v) is 6.56. The third kappa shape index (κ3) is 2.41. The predicted molar refractivity (Wildman–Crippen MR) is 84.9 cm³/mol. The smallest absolute Gasteiger partial charge is 0.321 e. The van der Waals surface area contributed by atoms with Gasteiger partial charge in [0.05, 0.1) is 17.5 Å². The fourth-order valence-electron chi connectivity index (χ4n) is 4.13. The van der Waals surface area contributed by atoms with E-state index in [4.69, 9.17) is 5.11 Å². The molecule has 3 atom stereocenters. The Morgan fingerprint density at radius 1 is 1.08 bits per heavy atom. The van der Waals surface area contributed by atoms with Crippen molar-refractivity contribution in [1.29, 1.82) is 0 Å². The SMILES string of the molecule is O=C(O)CC(C(=O)O)N1CC2CC(C1)c1cc3nccnc3cc12. The zero-order valence-corrected chi connectivity index (χ0v) is 12.9. The average molecular weight is 327 g/mol. The first-order chi connectivity index (χ1) is 11.5. The number of rotatable bonds is 4. The monoisotopic (exact) mass is 327 g/mol. The van der Waals surface area contributed by atoms with Gasteiger partial charge in [0.1, 0.15) is 6.04 Å². The summed E-state index contributed by atoms with van der Waals surface area (Å²) >= 11 is 0. The van der Waals surface area contributed by atoms with Crippen molar-refractivity contribution in [3.63, 3.8) is 0 Å². The molecule has 1 aliphatic heterocycles. The van der Waals surface area contributed by atoms with Gasteiger partial charge in [-0.15, -0.1) is 0 Å². The highest BCUT2D eigenvalue weighted by atomic mass is 16.4. The zero-order chi connectivity index (χ0) is 16.8. The van der Waals surface area contributed by atoms with E-state index in [2.05, 4.69) is 22.1 Å². The summed E-state index contributed by atoms with van der Waals surface area (Å²) in [6.45, 7) is 1.14. The van der Waals surface area contributed by atoms with Gasteiger partial charge in [-0.05, 0) is 41.5 Å². The Balaban J connectivity index is 1.68. The first-order valence-corrected chi connectivity index (χ1v) is 7.96. The molecule has 0 saturated carbocycles. The second-order valence-electron chi connectivity index (χ2n) is 6.56. The summed E-state index contributed by atoms with van der Waals surface area (Å²) in [7, 11) is 0. The first kappa shape index (κ1) is 15.0. The second kappa shape index (κ2) is 5.52. The van der Waals surface area contributed by atoms with Crippen LogP contribution < -0.4 is 0 Å². The maximum Gasteiger partial charge on any atom is 0.321 e. The molecule has 1 aliphatic carbocycles. The lowest BCUT2D eigenvalue weighted by Crippen LogP contribution is -2.47. The summed E-state index contributed by atoms with van der Waals surface area (Å²) in [6.07, 6.45) is 3.92. The van der Waals surface area contributed by atoms with E-state index in [1.54, 1.807) is 17.3 Å². The summed E-state index contributed by atoms with van der Waals surface area (Å²) in [5.41, 5.74) is 4.09. The Morgan fingerprint density at radius 3 is 2.08 bits per heavy atom. The van der Waals surface area contributed by atoms with Gasteiger partial charge in [-0.3, -0.25) is 24.5 Å². The van der Waals surface area contributed by atoms with E-state index in [1.165, 1.54) is 11.1 Å². The van der Waals surface area contributed by atoms with Crippen molar-refractivity contribution in [1.82, 2.24) is 14.9 Å². The molecule has 7 heteroatoms. The van der Waals surface area contributed by atoms with Gasteiger partial charge in [0.15, 0.2) is 0 Å².